The molecule has 0 spiro atoms. The van der Waals surface area contributed by atoms with Crippen LogP contribution in [0.3, 0.4) is 0 Å². The molecule has 3 aromatic rings. The van der Waals surface area contributed by atoms with Crippen molar-refractivity contribution >= 4 is 27.8 Å². The van der Waals surface area contributed by atoms with Crippen LogP contribution in [-0.4, -0.2) is 58.8 Å². The van der Waals surface area contributed by atoms with Crippen LogP contribution in [0.25, 0.3) is 16.9 Å². The summed E-state index contributed by atoms with van der Waals surface area (Å²) in [5.41, 5.74) is 3.21. The summed E-state index contributed by atoms with van der Waals surface area (Å²) in [4.78, 5) is 27.5. The molecule has 1 heterocycles. The van der Waals surface area contributed by atoms with Gasteiger partial charge >= 0.3 is 5.97 Å². The third-order valence-electron chi connectivity index (χ3n) is 6.09. The number of aromatic nitrogens is 2. The van der Waals surface area contributed by atoms with Gasteiger partial charge in [0.15, 0.2) is 5.69 Å². The number of halogens is 1. The van der Waals surface area contributed by atoms with Crippen LogP contribution < -0.4 is 5.32 Å². The van der Waals surface area contributed by atoms with Crippen molar-refractivity contribution in [2.75, 3.05) is 26.2 Å². The van der Waals surface area contributed by atoms with Crippen LogP contribution >= 0.6 is 15.9 Å². The highest BCUT2D eigenvalue weighted by Gasteiger charge is 2.18. The molecule has 1 N–H and O–H groups in total. The molecule has 0 saturated heterocycles. The van der Waals surface area contributed by atoms with Gasteiger partial charge in [-0.2, -0.15) is 5.10 Å². The largest absolute Gasteiger partial charge is 0.461 e. The van der Waals surface area contributed by atoms with E-state index in [9.17, 15) is 9.59 Å². The molecule has 1 amide bonds. The number of nitrogens with one attached hydrogen (secondary N) is 1. The van der Waals surface area contributed by atoms with Crippen molar-refractivity contribution in [2.24, 2.45) is 0 Å². The molecule has 3 rings (SSSR count). The van der Waals surface area contributed by atoms with Gasteiger partial charge in [-0.05, 0) is 88.8 Å². The van der Waals surface area contributed by atoms with Gasteiger partial charge in [0, 0.05) is 21.6 Å². The Morgan fingerprint density at radius 1 is 1.06 bits per heavy atom. The van der Waals surface area contributed by atoms with Gasteiger partial charge in [-0.25, -0.2) is 9.48 Å². The molecular formula is C28H35BrN4O3. The maximum Gasteiger partial charge on any atom is 0.358 e. The fourth-order valence-corrected chi connectivity index (χ4v) is 4.27. The normalized spacial score (nSPS) is 11.9. The fraction of sp³-hybridized carbons (Fsp3) is 0.393. The summed E-state index contributed by atoms with van der Waals surface area (Å²) in [6.07, 6.45) is 1.98. The predicted molar refractivity (Wildman–Crippen MR) is 147 cm³/mol. The molecule has 7 nitrogen and oxygen atoms in total. The highest BCUT2D eigenvalue weighted by atomic mass is 79.9. The number of benzene rings is 2. The Labute approximate surface area is 222 Å². The van der Waals surface area contributed by atoms with E-state index < -0.39 is 5.97 Å². The molecule has 0 bridgehead atoms. The number of rotatable bonds is 12. The van der Waals surface area contributed by atoms with Crippen molar-refractivity contribution in [3.63, 3.8) is 0 Å². The number of amides is 1. The van der Waals surface area contributed by atoms with E-state index in [0.717, 1.165) is 53.9 Å². The third-order valence-corrected chi connectivity index (χ3v) is 6.62. The van der Waals surface area contributed by atoms with Gasteiger partial charge in [0.2, 0.25) is 0 Å². The zero-order valence-electron chi connectivity index (χ0n) is 21.5. The molecule has 0 saturated carbocycles. The smallest absolute Gasteiger partial charge is 0.358 e. The maximum atomic E-state index is 12.8. The van der Waals surface area contributed by atoms with Crippen molar-refractivity contribution in [3.8, 4) is 16.9 Å². The average Bonchev–Trinajstić information content (AvgIpc) is 3.33. The summed E-state index contributed by atoms with van der Waals surface area (Å²) in [7, 11) is 0. The molecule has 0 fully saturated rings. The summed E-state index contributed by atoms with van der Waals surface area (Å²) in [5, 5.41) is 7.60. The van der Waals surface area contributed by atoms with Crippen LogP contribution in [-0.2, 0) is 4.74 Å². The van der Waals surface area contributed by atoms with Crippen molar-refractivity contribution in [2.45, 2.75) is 46.6 Å². The van der Waals surface area contributed by atoms with Gasteiger partial charge in [-0.15, -0.1) is 0 Å². The average molecular weight is 556 g/mol. The number of carbonyl (C=O) groups is 2. The summed E-state index contributed by atoms with van der Waals surface area (Å²) in [5.74, 6) is -0.571. The van der Waals surface area contributed by atoms with Gasteiger partial charge < -0.3 is 15.0 Å². The monoisotopic (exact) mass is 554 g/mol. The van der Waals surface area contributed by atoms with Crippen LogP contribution in [0, 0.1) is 0 Å². The first-order valence-corrected chi connectivity index (χ1v) is 13.3. The van der Waals surface area contributed by atoms with Gasteiger partial charge in [0.25, 0.3) is 5.91 Å². The van der Waals surface area contributed by atoms with E-state index in [1.807, 2.05) is 43.3 Å². The number of esters is 1. The standard InChI is InChI=1S/C28H35BrN4O3/c1-5-32(6-2)18-8-9-20(4)30-27(34)22-12-16-24(17-13-22)33-26(21-10-14-23(29)15-11-21)19-25(31-33)28(35)36-7-3/h10-17,19-20H,5-9,18H2,1-4H3,(H,30,34)/t20-/m0/s1. The molecule has 0 aliphatic rings. The second-order valence-electron chi connectivity index (χ2n) is 8.64. The summed E-state index contributed by atoms with van der Waals surface area (Å²) >= 11 is 3.46. The van der Waals surface area contributed by atoms with Crippen molar-refractivity contribution < 1.29 is 14.3 Å². The SMILES string of the molecule is CCOC(=O)c1cc(-c2ccc(Br)cc2)n(-c2ccc(C(=O)N[C@@H](C)CCCN(CC)CC)cc2)n1. The van der Waals surface area contributed by atoms with Gasteiger partial charge in [-0.3, -0.25) is 4.79 Å². The fourth-order valence-electron chi connectivity index (χ4n) is 4.00. The Kier molecular flexibility index (Phi) is 10.3. The van der Waals surface area contributed by atoms with Crippen molar-refractivity contribution in [1.82, 2.24) is 20.0 Å². The first-order chi connectivity index (χ1) is 17.4. The topological polar surface area (TPSA) is 76.5 Å². The molecule has 36 heavy (non-hydrogen) atoms. The Morgan fingerprint density at radius 3 is 2.33 bits per heavy atom. The van der Waals surface area contributed by atoms with E-state index >= 15 is 0 Å². The van der Waals surface area contributed by atoms with Crippen LogP contribution in [0.15, 0.2) is 59.1 Å². The van der Waals surface area contributed by atoms with E-state index in [1.165, 1.54) is 0 Å². The molecule has 0 unspecified atom stereocenters. The minimum absolute atomic E-state index is 0.0926. The number of nitrogens with zero attached hydrogens (tertiary/aromatic N) is 3. The van der Waals surface area contributed by atoms with Crippen LogP contribution in [0.1, 0.15) is 61.4 Å². The van der Waals surface area contributed by atoms with Crippen LogP contribution in [0.2, 0.25) is 0 Å². The number of carbonyl (C=O) groups excluding carboxylic acids is 2. The second-order valence-corrected chi connectivity index (χ2v) is 9.56. The van der Waals surface area contributed by atoms with Gasteiger partial charge in [0.05, 0.1) is 18.0 Å². The van der Waals surface area contributed by atoms with Crippen molar-refractivity contribution in [1.29, 1.82) is 0 Å². The molecule has 0 aliphatic heterocycles. The molecule has 2 aromatic carbocycles. The van der Waals surface area contributed by atoms with Gasteiger partial charge in [-0.1, -0.05) is 41.9 Å². The van der Waals surface area contributed by atoms with Crippen LogP contribution in [0.4, 0.5) is 0 Å². The van der Waals surface area contributed by atoms with E-state index in [2.05, 4.69) is 45.1 Å². The lowest BCUT2D eigenvalue weighted by molar-refractivity contribution is 0.0518. The van der Waals surface area contributed by atoms with E-state index in [0.29, 0.717) is 5.56 Å². The molecular weight excluding hydrogens is 520 g/mol. The first-order valence-electron chi connectivity index (χ1n) is 12.5. The Balaban J connectivity index is 1.75. The summed E-state index contributed by atoms with van der Waals surface area (Å²) in [6, 6.07) is 16.8. The van der Waals surface area contributed by atoms with Gasteiger partial charge in [0.1, 0.15) is 0 Å². The lowest BCUT2D eigenvalue weighted by Gasteiger charge is -2.19. The zero-order valence-corrected chi connectivity index (χ0v) is 23.0. The van der Waals surface area contributed by atoms with E-state index in [4.69, 9.17) is 4.74 Å². The third kappa shape index (κ3) is 7.27. The quantitative estimate of drug-likeness (QED) is 0.290. The Hall–Kier alpha value is -2.97. The van der Waals surface area contributed by atoms with Crippen molar-refractivity contribution in [3.05, 3.63) is 70.3 Å². The minimum atomic E-state index is -0.472. The second kappa shape index (κ2) is 13.4. The number of ether oxygens (including phenoxy) is 1. The zero-order chi connectivity index (χ0) is 26.1. The molecule has 192 valence electrons. The number of hydrogen-bond donors (Lipinski definition) is 1. The van der Waals surface area contributed by atoms with E-state index in [-0.39, 0.29) is 24.2 Å². The molecule has 0 radical (unpaired) electrons. The molecule has 1 atom stereocenters. The molecule has 0 aliphatic carbocycles. The Morgan fingerprint density at radius 2 is 1.72 bits per heavy atom. The highest BCUT2D eigenvalue weighted by molar-refractivity contribution is 9.10. The lowest BCUT2D eigenvalue weighted by atomic mass is 10.1. The predicted octanol–water partition coefficient (Wildman–Crippen LogP) is 5.72. The number of hydrogen-bond acceptors (Lipinski definition) is 5. The molecule has 8 heteroatoms. The maximum absolute atomic E-state index is 12.8. The van der Waals surface area contributed by atoms with Crippen LogP contribution in [0.5, 0.6) is 0 Å². The Bertz CT molecular complexity index is 1140. The lowest BCUT2D eigenvalue weighted by Crippen LogP contribution is -2.33. The summed E-state index contributed by atoms with van der Waals surface area (Å²) in [6.45, 7) is 11.6. The highest BCUT2D eigenvalue weighted by Crippen LogP contribution is 2.26. The summed E-state index contributed by atoms with van der Waals surface area (Å²) < 4.78 is 7.81. The first kappa shape index (κ1) is 27.6. The minimum Gasteiger partial charge on any atom is -0.461 e. The van der Waals surface area contributed by atoms with E-state index in [1.54, 1.807) is 29.8 Å². The molecule has 1 aromatic heterocycles.